The van der Waals surface area contributed by atoms with E-state index >= 15 is 0 Å². The monoisotopic (exact) mass is 274 g/mol. The number of fused-ring (bicyclic) bond motifs is 3. The van der Waals surface area contributed by atoms with Crippen molar-refractivity contribution in [3.8, 4) is 11.1 Å². The maximum Gasteiger partial charge on any atom is -0.00869 e. The van der Waals surface area contributed by atoms with Crippen LogP contribution in [0.4, 0.5) is 0 Å². The second-order valence-corrected chi connectivity index (χ2v) is 8.28. The van der Waals surface area contributed by atoms with Crippen molar-refractivity contribution in [2.75, 3.05) is 0 Å². The summed E-state index contributed by atoms with van der Waals surface area (Å²) in [5, 5.41) is 4.18. The lowest BCUT2D eigenvalue weighted by Gasteiger charge is -2.22. The van der Waals surface area contributed by atoms with Crippen LogP contribution >= 0.6 is 6.89 Å². The second kappa shape index (κ2) is 4.23. The van der Waals surface area contributed by atoms with E-state index in [1.54, 1.807) is 0 Å². The molecular weight excluding hydrogens is 259 g/mol. The first-order valence-corrected chi connectivity index (χ1v) is 8.78. The van der Waals surface area contributed by atoms with Gasteiger partial charge in [-0.1, -0.05) is 85.2 Å². The zero-order valence-electron chi connectivity index (χ0n) is 11.2. The molecule has 0 unspecified atom stereocenters. The molecule has 4 rings (SSSR count). The fourth-order valence-corrected chi connectivity index (χ4v) is 6.55. The Kier molecular flexibility index (Phi) is 2.49. The normalized spacial score (nSPS) is 14.6. The van der Waals surface area contributed by atoms with E-state index in [-0.39, 0.29) is 0 Å². The summed E-state index contributed by atoms with van der Waals surface area (Å²) < 4.78 is 0. The van der Waals surface area contributed by atoms with E-state index in [2.05, 4.69) is 78.9 Å². The maximum atomic E-state index is 4.73. The summed E-state index contributed by atoms with van der Waals surface area (Å²) in [6.45, 7) is -1.70. The molecule has 0 amide bonds. The van der Waals surface area contributed by atoms with E-state index in [1.807, 2.05) is 0 Å². The van der Waals surface area contributed by atoms with Gasteiger partial charge in [0.1, 0.15) is 0 Å². The topological polar surface area (TPSA) is 0 Å². The summed E-state index contributed by atoms with van der Waals surface area (Å²) in [4.78, 5) is 0. The Morgan fingerprint density at radius 2 is 1.00 bits per heavy atom. The van der Waals surface area contributed by atoms with E-state index in [4.69, 9.17) is 6.30 Å². The van der Waals surface area contributed by atoms with Crippen molar-refractivity contribution in [3.63, 3.8) is 0 Å². The Bertz CT molecular complexity index is 782. The molecule has 3 aromatic rings. The minimum absolute atomic E-state index is 1.36. The van der Waals surface area contributed by atoms with Crippen molar-refractivity contribution >= 4 is 29.1 Å². The third-order valence-electron chi connectivity index (χ3n) is 4.12. The number of benzene rings is 3. The van der Waals surface area contributed by atoms with Crippen molar-refractivity contribution in [1.29, 1.82) is 0 Å². The van der Waals surface area contributed by atoms with E-state index < -0.39 is 6.89 Å². The Balaban J connectivity index is 2.13. The highest BCUT2D eigenvalue weighted by atomic mass is 31.2. The third-order valence-corrected chi connectivity index (χ3v) is 7.72. The Labute approximate surface area is 119 Å². The quantitative estimate of drug-likeness (QED) is 0.467. The Morgan fingerprint density at radius 1 is 0.550 bits per heavy atom. The molecule has 0 bridgehead atoms. The van der Waals surface area contributed by atoms with Gasteiger partial charge in [0.25, 0.3) is 0 Å². The standard InChI is InChI=1S/C19H15P/c1-20(15-9-3-2-4-10-15)18-13-7-5-11-16(18)17-12-6-8-14-19(17)20/h2-14H,1H2. The zero-order valence-corrected chi connectivity index (χ0v) is 12.1. The van der Waals surface area contributed by atoms with Crippen LogP contribution in [0, 0.1) is 0 Å². The smallest absolute Gasteiger partial charge is 0.00869 e. The maximum absolute atomic E-state index is 4.73. The molecule has 0 aliphatic carbocycles. The molecule has 20 heavy (non-hydrogen) atoms. The van der Waals surface area contributed by atoms with Crippen LogP contribution in [-0.4, -0.2) is 6.30 Å². The molecule has 0 nitrogen and oxygen atoms in total. The van der Waals surface area contributed by atoms with E-state index in [1.165, 1.54) is 27.0 Å². The van der Waals surface area contributed by atoms with Gasteiger partial charge in [-0.3, -0.25) is 0 Å². The van der Waals surface area contributed by atoms with Gasteiger partial charge in [-0.05, 0) is 33.9 Å². The molecule has 0 saturated heterocycles. The number of hydrogen-bond acceptors (Lipinski definition) is 0. The number of hydrogen-bond donors (Lipinski definition) is 0. The minimum atomic E-state index is -1.70. The highest BCUT2D eigenvalue weighted by Crippen LogP contribution is 2.51. The molecule has 3 aromatic carbocycles. The van der Waals surface area contributed by atoms with Gasteiger partial charge in [0.15, 0.2) is 0 Å². The lowest BCUT2D eigenvalue weighted by molar-refractivity contribution is 1.71. The molecule has 0 aromatic heterocycles. The molecule has 96 valence electrons. The molecule has 1 heterocycles. The van der Waals surface area contributed by atoms with Crippen molar-refractivity contribution in [1.82, 2.24) is 0 Å². The van der Waals surface area contributed by atoms with Crippen LogP contribution in [0.25, 0.3) is 11.1 Å². The highest BCUT2D eigenvalue weighted by molar-refractivity contribution is 7.94. The summed E-state index contributed by atoms with van der Waals surface area (Å²) >= 11 is 0. The predicted molar refractivity (Wildman–Crippen MR) is 91.3 cm³/mol. The Morgan fingerprint density at radius 3 is 1.55 bits per heavy atom. The van der Waals surface area contributed by atoms with Gasteiger partial charge in [0.2, 0.25) is 0 Å². The Hall–Kier alpha value is -2.04. The minimum Gasteiger partial charge on any atom is -0.0886 e. The SMILES string of the molecule is C=P1(c2ccccc2)c2ccccc2-c2ccccc21. The lowest BCUT2D eigenvalue weighted by atomic mass is 10.1. The molecule has 1 aliphatic rings. The van der Waals surface area contributed by atoms with Crippen LogP contribution in [0.3, 0.4) is 0 Å². The van der Waals surface area contributed by atoms with Crippen molar-refractivity contribution in [3.05, 3.63) is 78.9 Å². The molecular formula is C19H15P. The van der Waals surface area contributed by atoms with Gasteiger partial charge < -0.3 is 0 Å². The molecule has 1 heteroatoms. The first kappa shape index (κ1) is 11.8. The summed E-state index contributed by atoms with van der Waals surface area (Å²) in [5.41, 5.74) is 2.71. The van der Waals surface area contributed by atoms with Gasteiger partial charge >= 0.3 is 0 Å². The van der Waals surface area contributed by atoms with Crippen LogP contribution in [0.2, 0.25) is 0 Å². The van der Waals surface area contributed by atoms with E-state index in [0.29, 0.717) is 0 Å². The van der Waals surface area contributed by atoms with E-state index in [0.717, 1.165) is 0 Å². The third kappa shape index (κ3) is 1.43. The molecule has 1 aliphatic heterocycles. The predicted octanol–water partition coefficient (Wildman–Crippen LogP) is 3.39. The number of rotatable bonds is 1. The largest absolute Gasteiger partial charge is 0.0886 e. The fourth-order valence-electron chi connectivity index (χ4n) is 3.16. The van der Waals surface area contributed by atoms with Gasteiger partial charge in [0.05, 0.1) is 0 Å². The second-order valence-electron chi connectivity index (χ2n) is 5.18. The first-order chi connectivity index (χ1) is 9.82. The molecule has 0 radical (unpaired) electrons. The summed E-state index contributed by atoms with van der Waals surface area (Å²) in [6, 6.07) is 28.2. The van der Waals surface area contributed by atoms with Gasteiger partial charge in [-0.15, -0.1) is 0 Å². The average molecular weight is 274 g/mol. The summed E-state index contributed by atoms with van der Waals surface area (Å²) in [5.74, 6) is 0. The van der Waals surface area contributed by atoms with Crippen LogP contribution < -0.4 is 15.9 Å². The molecule has 0 spiro atoms. The molecule has 0 N–H and O–H groups in total. The molecule has 0 atom stereocenters. The van der Waals surface area contributed by atoms with Gasteiger partial charge in [-0.25, -0.2) is 0 Å². The summed E-state index contributed by atoms with van der Waals surface area (Å²) in [6.07, 6.45) is 4.73. The fraction of sp³-hybridized carbons (Fsp3) is 0. The van der Waals surface area contributed by atoms with Crippen molar-refractivity contribution < 1.29 is 0 Å². The van der Waals surface area contributed by atoms with Crippen molar-refractivity contribution in [2.45, 2.75) is 0 Å². The van der Waals surface area contributed by atoms with Gasteiger partial charge in [0, 0.05) is 0 Å². The molecule has 0 saturated carbocycles. The van der Waals surface area contributed by atoms with Crippen LogP contribution in [0.5, 0.6) is 0 Å². The van der Waals surface area contributed by atoms with E-state index in [9.17, 15) is 0 Å². The van der Waals surface area contributed by atoms with Crippen molar-refractivity contribution in [2.24, 2.45) is 0 Å². The van der Waals surface area contributed by atoms with Crippen LogP contribution in [0.1, 0.15) is 0 Å². The highest BCUT2D eigenvalue weighted by Gasteiger charge is 2.33. The van der Waals surface area contributed by atoms with Gasteiger partial charge in [-0.2, -0.15) is 0 Å². The first-order valence-electron chi connectivity index (χ1n) is 6.80. The van der Waals surface area contributed by atoms with Crippen LogP contribution in [0.15, 0.2) is 78.9 Å². The zero-order chi connectivity index (χ0) is 13.6. The summed E-state index contributed by atoms with van der Waals surface area (Å²) in [7, 11) is 0. The average Bonchev–Trinajstić information content (AvgIpc) is 2.80. The lowest BCUT2D eigenvalue weighted by Crippen LogP contribution is -2.20. The van der Waals surface area contributed by atoms with Crippen LogP contribution in [-0.2, 0) is 0 Å². The molecule has 0 fully saturated rings.